The summed E-state index contributed by atoms with van der Waals surface area (Å²) in [6.45, 7) is 9.65. The summed E-state index contributed by atoms with van der Waals surface area (Å²) < 4.78 is 14.3. The number of benzene rings is 1. The van der Waals surface area contributed by atoms with E-state index < -0.39 is 0 Å². The second-order valence-electron chi connectivity index (χ2n) is 4.69. The van der Waals surface area contributed by atoms with E-state index in [0.29, 0.717) is 17.5 Å². The van der Waals surface area contributed by atoms with E-state index in [4.69, 9.17) is 6.42 Å². The summed E-state index contributed by atoms with van der Waals surface area (Å²) in [5.74, 6) is 2.23. The predicted octanol–water partition coefficient (Wildman–Crippen LogP) is 4.65. The number of hydrogen-bond donors (Lipinski definition) is 1. The molecule has 0 amide bonds. The van der Waals surface area contributed by atoms with Gasteiger partial charge < -0.3 is 0 Å². The number of thiol groups is 1. The van der Waals surface area contributed by atoms with Gasteiger partial charge in [0.2, 0.25) is 0 Å². The van der Waals surface area contributed by atoms with Gasteiger partial charge in [-0.05, 0) is 42.0 Å². The minimum Gasteiger partial charge on any atom is -0.205 e. The summed E-state index contributed by atoms with van der Waals surface area (Å²) in [6.07, 6.45) is 7.80. The van der Waals surface area contributed by atoms with Gasteiger partial charge in [0.25, 0.3) is 0 Å². The lowest BCUT2D eigenvalue weighted by Crippen LogP contribution is -2.07. The third-order valence-corrected chi connectivity index (χ3v) is 3.26. The molecule has 2 heteroatoms. The van der Waals surface area contributed by atoms with E-state index in [-0.39, 0.29) is 17.0 Å². The predicted molar refractivity (Wildman–Crippen MR) is 79.7 cm³/mol. The first-order valence-corrected chi connectivity index (χ1v) is 6.56. The van der Waals surface area contributed by atoms with Gasteiger partial charge in [0, 0.05) is 5.25 Å². The van der Waals surface area contributed by atoms with Crippen molar-refractivity contribution >= 4 is 12.6 Å². The van der Waals surface area contributed by atoms with Crippen LogP contribution in [-0.2, 0) is 6.42 Å². The first-order valence-electron chi connectivity index (χ1n) is 6.04. The van der Waals surface area contributed by atoms with Crippen LogP contribution in [0, 0.1) is 18.2 Å². The quantitative estimate of drug-likeness (QED) is 0.456. The van der Waals surface area contributed by atoms with Gasteiger partial charge in [-0.1, -0.05) is 25.8 Å². The standard InChI is InChI=1S/C16H19FS/c1-6-8-13-14(11(5)18)9-12(7-2)16(17)15(13)10(3)4/h2,6,9-11,18H,1,8H2,3-5H3. The molecule has 18 heavy (non-hydrogen) atoms. The monoisotopic (exact) mass is 262 g/mol. The first kappa shape index (κ1) is 14.9. The largest absolute Gasteiger partial charge is 0.205 e. The average Bonchev–Trinajstić information content (AvgIpc) is 2.28. The van der Waals surface area contributed by atoms with Crippen molar-refractivity contribution in [1.82, 2.24) is 0 Å². The SMILES string of the molecule is C#Cc1cc(C(C)S)c(CC=C)c(C(C)C)c1F. The molecular weight excluding hydrogens is 243 g/mol. The molecule has 0 radical (unpaired) electrons. The molecule has 0 fully saturated rings. The maximum Gasteiger partial charge on any atom is 0.142 e. The van der Waals surface area contributed by atoms with Crippen molar-refractivity contribution in [3.05, 3.63) is 46.8 Å². The number of halogens is 1. The molecule has 0 spiro atoms. The summed E-state index contributed by atoms with van der Waals surface area (Å²) in [5.41, 5.74) is 2.99. The van der Waals surface area contributed by atoms with Crippen molar-refractivity contribution in [2.75, 3.05) is 0 Å². The Kier molecular flexibility index (Phi) is 5.04. The van der Waals surface area contributed by atoms with Gasteiger partial charge >= 0.3 is 0 Å². The molecule has 0 heterocycles. The summed E-state index contributed by atoms with van der Waals surface area (Å²) in [7, 11) is 0. The van der Waals surface area contributed by atoms with Crippen molar-refractivity contribution in [2.24, 2.45) is 0 Å². The van der Waals surface area contributed by atoms with Gasteiger partial charge in [-0.2, -0.15) is 12.6 Å². The molecule has 1 aromatic carbocycles. The maximum atomic E-state index is 14.3. The summed E-state index contributed by atoms with van der Waals surface area (Å²) >= 11 is 4.46. The van der Waals surface area contributed by atoms with Crippen LogP contribution >= 0.6 is 12.6 Å². The van der Waals surface area contributed by atoms with Gasteiger partial charge in [-0.25, -0.2) is 4.39 Å². The Labute approximate surface area is 115 Å². The van der Waals surface area contributed by atoms with Crippen LogP contribution in [0.25, 0.3) is 0 Å². The molecule has 0 aliphatic rings. The Balaban J connectivity index is 3.67. The van der Waals surface area contributed by atoms with Crippen molar-refractivity contribution < 1.29 is 4.39 Å². The summed E-state index contributed by atoms with van der Waals surface area (Å²) in [5, 5.41) is 0.0187. The number of allylic oxidation sites excluding steroid dienone is 1. The molecule has 1 atom stereocenters. The van der Waals surface area contributed by atoms with Crippen molar-refractivity contribution in [3.63, 3.8) is 0 Å². The van der Waals surface area contributed by atoms with Crippen molar-refractivity contribution in [2.45, 2.75) is 38.4 Å². The molecule has 0 N–H and O–H groups in total. The smallest absolute Gasteiger partial charge is 0.142 e. The zero-order chi connectivity index (χ0) is 13.9. The topological polar surface area (TPSA) is 0 Å². The number of terminal acetylenes is 1. The highest BCUT2D eigenvalue weighted by Crippen LogP contribution is 2.34. The van der Waals surface area contributed by atoms with Crippen molar-refractivity contribution in [1.29, 1.82) is 0 Å². The van der Waals surface area contributed by atoms with E-state index >= 15 is 0 Å². The van der Waals surface area contributed by atoms with E-state index in [0.717, 1.165) is 11.1 Å². The summed E-state index contributed by atoms with van der Waals surface area (Å²) in [4.78, 5) is 0. The van der Waals surface area contributed by atoms with Crippen LogP contribution in [-0.4, -0.2) is 0 Å². The molecule has 1 unspecified atom stereocenters. The van der Waals surface area contributed by atoms with E-state index in [2.05, 4.69) is 25.1 Å². The van der Waals surface area contributed by atoms with Crippen LogP contribution in [0.2, 0.25) is 0 Å². The molecule has 1 aromatic rings. The molecule has 0 saturated carbocycles. The zero-order valence-electron chi connectivity index (χ0n) is 11.1. The Bertz CT molecular complexity index is 493. The Morgan fingerprint density at radius 3 is 2.50 bits per heavy atom. The van der Waals surface area contributed by atoms with Gasteiger partial charge in [0.15, 0.2) is 0 Å². The Morgan fingerprint density at radius 2 is 2.11 bits per heavy atom. The molecule has 0 bridgehead atoms. The van der Waals surface area contributed by atoms with Crippen LogP contribution in [0.1, 0.15) is 54.2 Å². The van der Waals surface area contributed by atoms with E-state index in [1.807, 2.05) is 20.8 Å². The normalized spacial score (nSPS) is 12.3. The summed E-state index contributed by atoms with van der Waals surface area (Å²) in [6, 6.07) is 1.73. The molecule has 0 nitrogen and oxygen atoms in total. The second-order valence-corrected chi connectivity index (χ2v) is 5.46. The van der Waals surface area contributed by atoms with E-state index in [1.54, 1.807) is 12.1 Å². The van der Waals surface area contributed by atoms with E-state index in [1.165, 1.54) is 0 Å². The highest BCUT2D eigenvalue weighted by molar-refractivity contribution is 7.80. The fraction of sp³-hybridized carbons (Fsp3) is 0.375. The minimum atomic E-state index is -0.276. The first-order chi connectivity index (χ1) is 8.43. The van der Waals surface area contributed by atoms with E-state index in [9.17, 15) is 4.39 Å². The van der Waals surface area contributed by atoms with Crippen LogP contribution in [0.15, 0.2) is 18.7 Å². The molecule has 1 rings (SSSR count). The van der Waals surface area contributed by atoms with Crippen LogP contribution in [0.3, 0.4) is 0 Å². The molecule has 0 aromatic heterocycles. The van der Waals surface area contributed by atoms with Gasteiger partial charge in [-0.3, -0.25) is 0 Å². The van der Waals surface area contributed by atoms with Gasteiger partial charge in [-0.15, -0.1) is 13.0 Å². The van der Waals surface area contributed by atoms with Crippen LogP contribution in [0.5, 0.6) is 0 Å². The highest BCUT2D eigenvalue weighted by Gasteiger charge is 2.20. The Morgan fingerprint density at radius 1 is 1.50 bits per heavy atom. The number of hydrogen-bond acceptors (Lipinski definition) is 1. The van der Waals surface area contributed by atoms with Crippen LogP contribution < -0.4 is 0 Å². The lowest BCUT2D eigenvalue weighted by Gasteiger charge is -2.20. The second kappa shape index (κ2) is 6.11. The number of rotatable bonds is 4. The highest BCUT2D eigenvalue weighted by atomic mass is 32.1. The zero-order valence-corrected chi connectivity index (χ0v) is 12.0. The van der Waals surface area contributed by atoms with Crippen molar-refractivity contribution in [3.8, 4) is 12.3 Å². The third-order valence-electron chi connectivity index (χ3n) is 2.98. The third kappa shape index (κ3) is 2.79. The maximum absolute atomic E-state index is 14.3. The minimum absolute atomic E-state index is 0.0187. The lowest BCUT2D eigenvalue weighted by atomic mass is 9.87. The fourth-order valence-electron chi connectivity index (χ4n) is 2.19. The lowest BCUT2D eigenvalue weighted by molar-refractivity contribution is 0.590. The van der Waals surface area contributed by atoms with Gasteiger partial charge in [0.1, 0.15) is 5.82 Å². The molecule has 0 aliphatic heterocycles. The molecular formula is C16H19FS. The molecule has 96 valence electrons. The molecule has 0 aliphatic carbocycles. The molecule has 0 saturated heterocycles. The van der Waals surface area contributed by atoms with Crippen LogP contribution in [0.4, 0.5) is 4.39 Å². The Hall–Kier alpha value is -1.20. The fourth-order valence-corrected chi connectivity index (χ4v) is 2.42. The van der Waals surface area contributed by atoms with Gasteiger partial charge in [0.05, 0.1) is 5.56 Å². The average molecular weight is 262 g/mol.